The van der Waals surface area contributed by atoms with Gasteiger partial charge in [-0.25, -0.2) is 4.79 Å². The van der Waals surface area contributed by atoms with E-state index in [1.807, 2.05) is 64.3 Å². The molecule has 4 rings (SSSR count). The number of benzene rings is 2. The van der Waals surface area contributed by atoms with E-state index >= 15 is 0 Å². The third-order valence-corrected chi connectivity index (χ3v) is 5.82. The van der Waals surface area contributed by atoms with Crippen molar-refractivity contribution in [2.75, 3.05) is 19.3 Å². The molecule has 0 spiro atoms. The van der Waals surface area contributed by atoms with Crippen molar-refractivity contribution in [2.24, 2.45) is 0 Å². The van der Waals surface area contributed by atoms with Crippen LogP contribution in [0.2, 0.25) is 0 Å². The largest absolute Gasteiger partial charge is 0.338 e. The third kappa shape index (κ3) is 3.05. The van der Waals surface area contributed by atoms with Gasteiger partial charge in [-0.15, -0.1) is 11.8 Å². The zero-order valence-corrected chi connectivity index (χ0v) is 15.5. The van der Waals surface area contributed by atoms with Crippen LogP contribution in [0, 0.1) is 0 Å². The molecule has 0 saturated carbocycles. The molecule has 3 aromatic rings. The predicted molar refractivity (Wildman–Crippen MR) is 105 cm³/mol. The Kier molecular flexibility index (Phi) is 4.59. The van der Waals surface area contributed by atoms with Crippen molar-refractivity contribution in [3.63, 3.8) is 0 Å². The van der Waals surface area contributed by atoms with E-state index in [1.165, 1.54) is 0 Å². The van der Waals surface area contributed by atoms with Gasteiger partial charge in [-0.3, -0.25) is 9.36 Å². The van der Waals surface area contributed by atoms with E-state index in [0.29, 0.717) is 13.1 Å². The van der Waals surface area contributed by atoms with E-state index in [9.17, 15) is 9.59 Å². The van der Waals surface area contributed by atoms with Crippen molar-refractivity contribution in [1.82, 2.24) is 14.5 Å². The van der Waals surface area contributed by atoms with Gasteiger partial charge in [0.25, 0.3) is 5.91 Å². The first-order valence-corrected chi connectivity index (χ1v) is 10.0. The number of likely N-dealkylation sites (tertiary alicyclic amines) is 1. The summed E-state index contributed by atoms with van der Waals surface area (Å²) in [7, 11) is 0. The van der Waals surface area contributed by atoms with Crippen LogP contribution in [0.25, 0.3) is 11.0 Å². The van der Waals surface area contributed by atoms with Crippen molar-refractivity contribution in [3.8, 4) is 0 Å². The molecule has 1 amide bonds. The summed E-state index contributed by atoms with van der Waals surface area (Å²) in [5.74, 6) is 0.0716. The number of nitrogens with one attached hydrogen (secondary N) is 1. The molecule has 1 aromatic heterocycles. The molecular weight excluding hydrogens is 346 g/mol. The minimum atomic E-state index is -0.0661. The number of aromatic amines is 1. The number of thioether (sulfide) groups is 1. The Bertz CT molecular complexity index is 982. The van der Waals surface area contributed by atoms with E-state index in [4.69, 9.17) is 0 Å². The third-order valence-electron chi connectivity index (χ3n) is 5.08. The highest BCUT2D eigenvalue weighted by Crippen LogP contribution is 2.26. The second kappa shape index (κ2) is 7.03. The molecule has 0 atom stereocenters. The number of nitrogens with zero attached hydrogens (tertiary/aromatic N) is 2. The number of carbonyl (C=O) groups is 1. The molecule has 2 aromatic carbocycles. The van der Waals surface area contributed by atoms with Crippen LogP contribution in [0.15, 0.2) is 58.2 Å². The van der Waals surface area contributed by atoms with Gasteiger partial charge in [0.2, 0.25) is 0 Å². The van der Waals surface area contributed by atoms with E-state index < -0.39 is 0 Å². The maximum Gasteiger partial charge on any atom is 0.326 e. The average Bonchev–Trinajstić information content (AvgIpc) is 3.03. The molecule has 26 heavy (non-hydrogen) atoms. The number of carbonyl (C=O) groups excluding carboxylic acids is 1. The first kappa shape index (κ1) is 17.0. The van der Waals surface area contributed by atoms with Gasteiger partial charge in [0.05, 0.1) is 11.0 Å². The molecule has 2 heterocycles. The van der Waals surface area contributed by atoms with Crippen LogP contribution in [0.5, 0.6) is 0 Å². The summed E-state index contributed by atoms with van der Waals surface area (Å²) in [6, 6.07) is 15.6. The van der Waals surface area contributed by atoms with Crippen LogP contribution >= 0.6 is 11.8 Å². The number of para-hydroxylation sites is 2. The second-order valence-electron chi connectivity index (χ2n) is 6.57. The van der Waals surface area contributed by atoms with Gasteiger partial charge < -0.3 is 9.88 Å². The molecule has 0 unspecified atom stereocenters. The number of aromatic nitrogens is 2. The number of fused-ring (bicyclic) bond motifs is 1. The number of imidazole rings is 1. The lowest BCUT2D eigenvalue weighted by atomic mass is 10.0. The smallest absolute Gasteiger partial charge is 0.326 e. The molecule has 0 aliphatic carbocycles. The monoisotopic (exact) mass is 367 g/mol. The Labute approximate surface area is 156 Å². The van der Waals surface area contributed by atoms with Gasteiger partial charge >= 0.3 is 5.69 Å². The van der Waals surface area contributed by atoms with Gasteiger partial charge in [0.15, 0.2) is 0 Å². The number of hydrogen-bond acceptors (Lipinski definition) is 3. The molecular formula is C20H21N3O2S. The quantitative estimate of drug-likeness (QED) is 0.721. The average molecular weight is 367 g/mol. The molecule has 134 valence electrons. The highest BCUT2D eigenvalue weighted by molar-refractivity contribution is 7.98. The van der Waals surface area contributed by atoms with Gasteiger partial charge in [-0.2, -0.15) is 0 Å². The van der Waals surface area contributed by atoms with Crippen molar-refractivity contribution in [3.05, 3.63) is 64.6 Å². The Morgan fingerprint density at radius 3 is 2.46 bits per heavy atom. The Hall–Kier alpha value is -2.47. The van der Waals surface area contributed by atoms with Crippen molar-refractivity contribution >= 4 is 28.7 Å². The zero-order valence-electron chi connectivity index (χ0n) is 14.6. The molecule has 1 aliphatic rings. The molecule has 1 aliphatic heterocycles. The van der Waals surface area contributed by atoms with E-state index in [-0.39, 0.29) is 17.6 Å². The molecule has 6 heteroatoms. The van der Waals surface area contributed by atoms with Gasteiger partial charge in [-0.1, -0.05) is 12.1 Å². The van der Waals surface area contributed by atoms with Gasteiger partial charge in [-0.05, 0) is 55.5 Å². The highest BCUT2D eigenvalue weighted by Gasteiger charge is 2.26. The van der Waals surface area contributed by atoms with Gasteiger partial charge in [0.1, 0.15) is 0 Å². The fourth-order valence-electron chi connectivity index (χ4n) is 3.68. The second-order valence-corrected chi connectivity index (χ2v) is 7.45. The molecule has 5 nitrogen and oxygen atoms in total. The zero-order chi connectivity index (χ0) is 18.1. The van der Waals surface area contributed by atoms with Crippen LogP contribution in [-0.4, -0.2) is 39.7 Å². The Balaban J connectivity index is 1.49. The summed E-state index contributed by atoms with van der Waals surface area (Å²) < 4.78 is 1.85. The molecule has 1 fully saturated rings. The maximum absolute atomic E-state index is 12.7. The first-order chi connectivity index (χ1) is 12.7. The van der Waals surface area contributed by atoms with E-state index in [0.717, 1.165) is 34.3 Å². The number of piperidine rings is 1. The summed E-state index contributed by atoms with van der Waals surface area (Å²) in [6.07, 6.45) is 3.60. The molecule has 0 bridgehead atoms. The molecule has 1 saturated heterocycles. The first-order valence-electron chi connectivity index (χ1n) is 8.80. The van der Waals surface area contributed by atoms with Gasteiger partial charge in [0, 0.05) is 29.6 Å². The van der Waals surface area contributed by atoms with Crippen LogP contribution in [-0.2, 0) is 0 Å². The Morgan fingerprint density at radius 2 is 1.77 bits per heavy atom. The van der Waals surface area contributed by atoms with Crippen molar-refractivity contribution in [2.45, 2.75) is 23.8 Å². The number of rotatable bonds is 3. The Morgan fingerprint density at radius 1 is 1.08 bits per heavy atom. The summed E-state index contributed by atoms with van der Waals surface area (Å²) >= 11 is 1.67. The molecule has 0 radical (unpaired) electrons. The lowest BCUT2D eigenvalue weighted by molar-refractivity contribution is 0.0695. The minimum Gasteiger partial charge on any atom is -0.338 e. The number of hydrogen-bond donors (Lipinski definition) is 1. The topological polar surface area (TPSA) is 58.1 Å². The minimum absolute atomic E-state index is 0.0661. The maximum atomic E-state index is 12.7. The number of amides is 1. The lowest BCUT2D eigenvalue weighted by Gasteiger charge is -2.32. The lowest BCUT2D eigenvalue weighted by Crippen LogP contribution is -2.40. The predicted octanol–water partition coefficient (Wildman–Crippen LogP) is 3.53. The summed E-state index contributed by atoms with van der Waals surface area (Å²) in [5, 5.41) is 0. The fraction of sp³-hybridized carbons (Fsp3) is 0.300. The summed E-state index contributed by atoms with van der Waals surface area (Å²) in [6.45, 7) is 1.33. The van der Waals surface area contributed by atoms with Crippen LogP contribution in [0.4, 0.5) is 0 Å². The SMILES string of the molecule is CSc1ccc(C(=O)N2CCC(n3c(=O)[nH]c4ccccc43)CC2)cc1. The van der Waals surface area contributed by atoms with Crippen LogP contribution in [0.3, 0.4) is 0 Å². The van der Waals surface area contributed by atoms with E-state index in [1.54, 1.807) is 11.8 Å². The fourth-order valence-corrected chi connectivity index (χ4v) is 4.09. The summed E-state index contributed by atoms with van der Waals surface area (Å²) in [5.41, 5.74) is 2.47. The van der Waals surface area contributed by atoms with Crippen LogP contribution in [0.1, 0.15) is 29.2 Å². The standard InChI is InChI=1S/C20H21N3O2S/c1-26-16-8-6-14(7-9-16)19(24)22-12-10-15(11-13-22)23-18-5-3-2-4-17(18)21-20(23)25/h2-9,15H,10-13H2,1H3,(H,21,25). The summed E-state index contributed by atoms with van der Waals surface area (Å²) in [4.78, 5) is 31.0. The molecule has 1 N–H and O–H groups in total. The highest BCUT2D eigenvalue weighted by atomic mass is 32.2. The van der Waals surface area contributed by atoms with Crippen LogP contribution < -0.4 is 5.69 Å². The normalized spacial score (nSPS) is 15.5. The van der Waals surface area contributed by atoms with E-state index in [2.05, 4.69) is 4.98 Å². The van der Waals surface area contributed by atoms with Crippen molar-refractivity contribution in [1.29, 1.82) is 0 Å². The number of H-pyrrole nitrogens is 1. The van der Waals surface area contributed by atoms with Crippen molar-refractivity contribution < 1.29 is 4.79 Å².